The lowest BCUT2D eigenvalue weighted by Crippen LogP contribution is -2.43. The van der Waals surface area contributed by atoms with Gasteiger partial charge in [0.2, 0.25) is 0 Å². The Morgan fingerprint density at radius 1 is 1.27 bits per heavy atom. The highest BCUT2D eigenvalue weighted by molar-refractivity contribution is 6.69. The second-order valence-electron chi connectivity index (χ2n) is 6.70. The number of carbonyl (C=O) groups is 1. The minimum Gasteiger partial charge on any atom is -0.413 e. The summed E-state index contributed by atoms with van der Waals surface area (Å²) in [7, 11) is -1.54. The van der Waals surface area contributed by atoms with E-state index in [1.165, 1.54) is 0 Å². The lowest BCUT2D eigenvalue weighted by atomic mass is 9.83. The van der Waals surface area contributed by atoms with Crippen LogP contribution in [-0.2, 0) is 9.22 Å². The highest BCUT2D eigenvalue weighted by Gasteiger charge is 2.69. The highest BCUT2D eigenvalue weighted by atomic mass is 28.4. The van der Waals surface area contributed by atoms with Crippen LogP contribution in [0.15, 0.2) is 0 Å². The van der Waals surface area contributed by atoms with Crippen molar-refractivity contribution >= 4 is 14.1 Å². The summed E-state index contributed by atoms with van der Waals surface area (Å²) in [6, 6.07) is 0. The molecule has 2 nitrogen and oxygen atoms in total. The molecule has 0 amide bonds. The predicted molar refractivity (Wildman–Crippen MR) is 63.2 cm³/mol. The SMILES string of the molecule is C[C@H]1[C@@H]2C(=O)C(C)(C)[C@@H](O[Si](C)(C)C)[C@H]12. The lowest BCUT2D eigenvalue weighted by molar-refractivity contribution is -0.130. The van der Waals surface area contributed by atoms with Crippen molar-refractivity contribution in [3.05, 3.63) is 0 Å². The molecule has 0 aromatic heterocycles. The maximum Gasteiger partial charge on any atom is 0.184 e. The van der Waals surface area contributed by atoms with Gasteiger partial charge >= 0.3 is 0 Å². The van der Waals surface area contributed by atoms with Crippen LogP contribution in [0.2, 0.25) is 19.6 Å². The van der Waals surface area contributed by atoms with E-state index in [-0.39, 0.29) is 11.5 Å². The van der Waals surface area contributed by atoms with Crippen molar-refractivity contribution in [1.29, 1.82) is 0 Å². The van der Waals surface area contributed by atoms with E-state index in [0.717, 1.165) is 0 Å². The first-order valence-corrected chi connectivity index (χ1v) is 9.29. The summed E-state index contributed by atoms with van der Waals surface area (Å²) in [4.78, 5) is 12.1. The average Bonchev–Trinajstić information content (AvgIpc) is 2.63. The predicted octanol–water partition coefficient (Wildman–Crippen LogP) is 2.70. The van der Waals surface area contributed by atoms with E-state index in [1.54, 1.807) is 0 Å². The van der Waals surface area contributed by atoms with Crippen molar-refractivity contribution in [3.63, 3.8) is 0 Å². The number of carbonyl (C=O) groups excluding carboxylic acids is 1. The Balaban J connectivity index is 2.20. The Morgan fingerprint density at radius 2 is 1.80 bits per heavy atom. The molecular weight excluding hydrogens is 204 g/mol. The highest BCUT2D eigenvalue weighted by Crippen LogP contribution is 2.62. The van der Waals surface area contributed by atoms with E-state index in [0.29, 0.717) is 23.5 Å². The van der Waals surface area contributed by atoms with Gasteiger partial charge in [-0.1, -0.05) is 20.8 Å². The Bertz CT molecular complexity index is 303. The van der Waals surface area contributed by atoms with Crippen molar-refractivity contribution < 1.29 is 9.22 Å². The second-order valence-corrected chi connectivity index (χ2v) is 11.2. The largest absolute Gasteiger partial charge is 0.413 e. The smallest absolute Gasteiger partial charge is 0.184 e. The maximum absolute atomic E-state index is 12.1. The van der Waals surface area contributed by atoms with Crippen LogP contribution in [0.3, 0.4) is 0 Å². The number of hydrogen-bond donors (Lipinski definition) is 0. The molecule has 0 aromatic carbocycles. The zero-order chi connectivity index (χ0) is 11.6. The average molecular weight is 226 g/mol. The van der Waals surface area contributed by atoms with Gasteiger partial charge in [0.1, 0.15) is 5.78 Å². The summed E-state index contributed by atoms with van der Waals surface area (Å²) in [5.74, 6) is 1.82. The normalized spacial score (nSPS) is 42.9. The van der Waals surface area contributed by atoms with Crippen molar-refractivity contribution in [2.75, 3.05) is 0 Å². The minimum atomic E-state index is -1.54. The molecule has 3 heteroatoms. The van der Waals surface area contributed by atoms with Crippen LogP contribution in [0.4, 0.5) is 0 Å². The van der Waals surface area contributed by atoms with Gasteiger partial charge in [-0.25, -0.2) is 0 Å². The van der Waals surface area contributed by atoms with Crippen molar-refractivity contribution in [2.24, 2.45) is 23.2 Å². The topological polar surface area (TPSA) is 26.3 Å². The summed E-state index contributed by atoms with van der Waals surface area (Å²) >= 11 is 0. The zero-order valence-electron chi connectivity index (χ0n) is 10.6. The van der Waals surface area contributed by atoms with E-state index in [9.17, 15) is 4.79 Å². The molecule has 0 radical (unpaired) electrons. The fraction of sp³-hybridized carbons (Fsp3) is 0.917. The molecule has 0 saturated heterocycles. The van der Waals surface area contributed by atoms with Gasteiger partial charge in [-0.2, -0.15) is 0 Å². The summed E-state index contributed by atoms with van der Waals surface area (Å²) in [6.07, 6.45) is 0.177. The number of Topliss-reactive ketones (excluding diaryl/α,β-unsaturated/α-hetero) is 1. The first kappa shape index (κ1) is 11.3. The number of ketones is 1. The van der Waals surface area contributed by atoms with Gasteiger partial charge in [0, 0.05) is 11.3 Å². The maximum atomic E-state index is 12.1. The molecule has 2 saturated carbocycles. The summed E-state index contributed by atoms with van der Waals surface area (Å²) < 4.78 is 6.23. The van der Waals surface area contributed by atoms with E-state index in [4.69, 9.17) is 4.43 Å². The van der Waals surface area contributed by atoms with E-state index in [1.807, 2.05) is 0 Å². The molecule has 2 rings (SSSR count). The van der Waals surface area contributed by atoms with Crippen LogP contribution < -0.4 is 0 Å². The summed E-state index contributed by atoms with van der Waals surface area (Å²) in [5, 5.41) is 0. The molecule has 2 aliphatic carbocycles. The first-order valence-electron chi connectivity index (χ1n) is 5.88. The molecule has 0 bridgehead atoms. The number of rotatable bonds is 2. The Morgan fingerprint density at radius 3 is 2.20 bits per heavy atom. The van der Waals surface area contributed by atoms with Crippen LogP contribution in [-0.4, -0.2) is 20.2 Å². The van der Waals surface area contributed by atoms with Crippen LogP contribution in [0.1, 0.15) is 20.8 Å². The number of hydrogen-bond acceptors (Lipinski definition) is 2. The molecule has 0 aromatic rings. The molecule has 86 valence electrons. The fourth-order valence-corrected chi connectivity index (χ4v) is 4.24. The van der Waals surface area contributed by atoms with Gasteiger partial charge in [0.25, 0.3) is 0 Å². The molecule has 0 heterocycles. The van der Waals surface area contributed by atoms with E-state index < -0.39 is 8.32 Å². The fourth-order valence-electron chi connectivity index (χ4n) is 3.03. The molecule has 0 spiro atoms. The van der Waals surface area contributed by atoms with Gasteiger partial charge in [-0.3, -0.25) is 4.79 Å². The van der Waals surface area contributed by atoms with Crippen molar-refractivity contribution in [1.82, 2.24) is 0 Å². The molecule has 2 aliphatic rings. The van der Waals surface area contributed by atoms with Gasteiger partial charge < -0.3 is 4.43 Å². The van der Waals surface area contributed by atoms with E-state index >= 15 is 0 Å². The standard InChI is InChI=1S/C12H22O2Si/c1-7-8-9(7)11(14-15(4,5)6)12(2,3)10(8)13/h7-9,11H,1-6H3/t7-,8-,9+,11-/m0/s1. The molecular formula is C12H22O2Si. The van der Waals surface area contributed by atoms with Crippen LogP contribution in [0.5, 0.6) is 0 Å². The third kappa shape index (κ3) is 1.60. The van der Waals surface area contributed by atoms with Crippen LogP contribution in [0.25, 0.3) is 0 Å². The van der Waals surface area contributed by atoms with Crippen LogP contribution >= 0.6 is 0 Å². The third-order valence-corrected chi connectivity index (χ3v) is 4.89. The van der Waals surface area contributed by atoms with Gasteiger partial charge in [0.05, 0.1) is 6.10 Å². The molecule has 4 atom stereocenters. The molecule has 0 unspecified atom stereocenters. The third-order valence-electron chi connectivity index (χ3n) is 3.93. The molecule has 0 N–H and O–H groups in total. The van der Waals surface area contributed by atoms with Gasteiger partial charge in [-0.05, 0) is 31.5 Å². The second kappa shape index (κ2) is 2.95. The molecule has 2 fully saturated rings. The summed E-state index contributed by atoms with van der Waals surface area (Å²) in [5.41, 5.74) is -0.248. The van der Waals surface area contributed by atoms with Crippen molar-refractivity contribution in [3.8, 4) is 0 Å². The lowest BCUT2D eigenvalue weighted by Gasteiger charge is -2.34. The molecule has 15 heavy (non-hydrogen) atoms. The van der Waals surface area contributed by atoms with Gasteiger partial charge in [0.15, 0.2) is 8.32 Å². The first-order chi connectivity index (χ1) is 6.66. The minimum absolute atomic E-state index is 0.177. The molecule has 0 aliphatic heterocycles. The Hall–Kier alpha value is -0.153. The Labute approximate surface area is 93.5 Å². The monoisotopic (exact) mass is 226 g/mol. The van der Waals surface area contributed by atoms with E-state index in [2.05, 4.69) is 40.4 Å². The quantitative estimate of drug-likeness (QED) is 0.677. The van der Waals surface area contributed by atoms with Crippen molar-refractivity contribution in [2.45, 2.75) is 46.5 Å². The number of fused-ring (bicyclic) bond motifs is 1. The summed E-state index contributed by atoms with van der Waals surface area (Å²) in [6.45, 7) is 12.9. The zero-order valence-corrected chi connectivity index (χ0v) is 11.6. The van der Waals surface area contributed by atoms with Crippen LogP contribution in [0, 0.1) is 23.2 Å². The Kier molecular flexibility index (Phi) is 2.23. The van der Waals surface area contributed by atoms with Gasteiger partial charge in [-0.15, -0.1) is 0 Å².